The highest BCUT2D eigenvalue weighted by molar-refractivity contribution is 7.99. The van der Waals surface area contributed by atoms with Crippen LogP contribution in [0.25, 0.3) is 0 Å². The van der Waals surface area contributed by atoms with Crippen LogP contribution < -0.4 is 0 Å². The monoisotopic (exact) mass is 256 g/mol. The highest BCUT2D eigenvalue weighted by atomic mass is 32.2. The Kier molecular flexibility index (Phi) is 5.05. The maximum Gasteiger partial charge on any atom is 0.313 e. The highest BCUT2D eigenvalue weighted by Crippen LogP contribution is 2.21. The summed E-state index contributed by atoms with van der Waals surface area (Å²) in [5, 5.41) is 9.49. The van der Waals surface area contributed by atoms with E-state index in [-0.39, 0.29) is 5.75 Å². The van der Waals surface area contributed by atoms with E-state index in [0.29, 0.717) is 11.8 Å². The molecule has 0 saturated carbocycles. The molecule has 0 amide bonds. The van der Waals surface area contributed by atoms with Gasteiger partial charge in [-0.1, -0.05) is 32.5 Å². The van der Waals surface area contributed by atoms with Crippen molar-refractivity contribution in [2.45, 2.75) is 39.4 Å². The van der Waals surface area contributed by atoms with E-state index >= 15 is 0 Å². The zero-order valence-corrected chi connectivity index (χ0v) is 11.6. The second-order valence-electron chi connectivity index (χ2n) is 4.72. The van der Waals surface area contributed by atoms with E-state index < -0.39 is 5.97 Å². The van der Waals surface area contributed by atoms with Gasteiger partial charge in [0.15, 0.2) is 5.16 Å². The maximum atomic E-state index is 10.6. The molecule has 96 valence electrons. The largest absolute Gasteiger partial charge is 0.481 e. The smallest absolute Gasteiger partial charge is 0.313 e. The van der Waals surface area contributed by atoms with Crippen LogP contribution in [0.3, 0.4) is 0 Å². The van der Waals surface area contributed by atoms with Crippen molar-refractivity contribution < 1.29 is 9.90 Å². The second-order valence-corrected chi connectivity index (χ2v) is 5.66. The molecule has 1 atom stereocenters. The number of hydrogen-bond acceptors (Lipinski definition) is 3. The molecule has 4 nitrogen and oxygen atoms in total. The topological polar surface area (TPSA) is 55.1 Å². The Labute approximate surface area is 106 Å². The minimum absolute atomic E-state index is 0.0620. The molecule has 1 rings (SSSR count). The number of aliphatic carboxylic acids is 1. The van der Waals surface area contributed by atoms with Crippen LogP contribution in [0.5, 0.6) is 0 Å². The second kappa shape index (κ2) is 6.10. The Morgan fingerprint density at radius 1 is 1.53 bits per heavy atom. The Hall–Kier alpha value is -0.970. The summed E-state index contributed by atoms with van der Waals surface area (Å²) in [7, 11) is 0. The van der Waals surface area contributed by atoms with Gasteiger partial charge >= 0.3 is 5.97 Å². The fourth-order valence-electron chi connectivity index (χ4n) is 1.42. The summed E-state index contributed by atoms with van der Waals surface area (Å²) in [6.45, 7) is 9.41. The molecule has 0 saturated heterocycles. The summed E-state index contributed by atoms with van der Waals surface area (Å²) in [5.74, 6) is 0.411. The van der Waals surface area contributed by atoms with Crippen LogP contribution in [0.1, 0.15) is 26.5 Å². The summed E-state index contributed by atoms with van der Waals surface area (Å²) >= 11 is 1.28. The number of nitrogens with zero attached hydrogens (tertiary/aromatic N) is 2. The number of carboxylic acid groups (broad SMARTS) is 1. The number of imidazole rings is 1. The van der Waals surface area contributed by atoms with Crippen molar-refractivity contribution in [1.82, 2.24) is 9.55 Å². The van der Waals surface area contributed by atoms with Gasteiger partial charge in [-0.25, -0.2) is 4.98 Å². The van der Waals surface area contributed by atoms with Crippen molar-refractivity contribution >= 4 is 17.7 Å². The van der Waals surface area contributed by atoms with E-state index in [4.69, 9.17) is 5.11 Å². The molecule has 17 heavy (non-hydrogen) atoms. The predicted molar refractivity (Wildman–Crippen MR) is 69.3 cm³/mol. The molecule has 0 radical (unpaired) electrons. The molecule has 0 fully saturated rings. The van der Waals surface area contributed by atoms with Crippen LogP contribution in [0.2, 0.25) is 0 Å². The lowest BCUT2D eigenvalue weighted by Crippen LogP contribution is -2.13. The third-order valence-corrected chi connectivity index (χ3v) is 3.78. The molecular weight excluding hydrogens is 236 g/mol. The number of carboxylic acids is 1. The predicted octanol–water partition coefficient (Wildman–Crippen LogP) is 2.66. The standard InChI is InChI=1S/C12H20N2O2S/c1-8(2)9(3)5-14-6-10(4)13-12(14)17-7-11(15)16/h6,8-9H,5,7H2,1-4H3,(H,15,16). The summed E-state index contributed by atoms with van der Waals surface area (Å²) in [4.78, 5) is 14.9. The van der Waals surface area contributed by atoms with Crippen LogP contribution >= 0.6 is 11.8 Å². The molecule has 0 spiro atoms. The van der Waals surface area contributed by atoms with Gasteiger partial charge in [0.2, 0.25) is 0 Å². The summed E-state index contributed by atoms with van der Waals surface area (Å²) < 4.78 is 2.06. The molecule has 1 aromatic heterocycles. The maximum absolute atomic E-state index is 10.6. The van der Waals surface area contributed by atoms with E-state index in [1.54, 1.807) is 0 Å². The zero-order chi connectivity index (χ0) is 13.0. The average Bonchev–Trinajstić information content (AvgIpc) is 2.55. The highest BCUT2D eigenvalue weighted by Gasteiger charge is 2.13. The van der Waals surface area contributed by atoms with E-state index in [1.807, 2.05) is 13.1 Å². The summed E-state index contributed by atoms with van der Waals surface area (Å²) in [6, 6.07) is 0. The lowest BCUT2D eigenvalue weighted by molar-refractivity contribution is -0.133. The van der Waals surface area contributed by atoms with Gasteiger partial charge in [0.05, 0.1) is 11.4 Å². The summed E-state index contributed by atoms with van der Waals surface area (Å²) in [5.41, 5.74) is 0.939. The van der Waals surface area contributed by atoms with Gasteiger partial charge in [-0.05, 0) is 18.8 Å². The first kappa shape index (κ1) is 14.1. The van der Waals surface area contributed by atoms with Gasteiger partial charge in [0, 0.05) is 12.7 Å². The third-order valence-electron chi connectivity index (χ3n) is 2.81. The minimum Gasteiger partial charge on any atom is -0.481 e. The van der Waals surface area contributed by atoms with E-state index in [2.05, 4.69) is 30.3 Å². The summed E-state index contributed by atoms with van der Waals surface area (Å²) in [6.07, 6.45) is 1.99. The molecule has 1 unspecified atom stereocenters. The van der Waals surface area contributed by atoms with Gasteiger partial charge in [-0.3, -0.25) is 4.79 Å². The quantitative estimate of drug-likeness (QED) is 0.795. The van der Waals surface area contributed by atoms with Gasteiger partial charge in [-0.2, -0.15) is 0 Å². The number of aryl methyl sites for hydroxylation is 1. The Balaban J connectivity index is 2.73. The van der Waals surface area contributed by atoms with E-state index in [1.165, 1.54) is 11.8 Å². The van der Waals surface area contributed by atoms with Gasteiger partial charge in [0.1, 0.15) is 0 Å². The van der Waals surface area contributed by atoms with E-state index in [9.17, 15) is 4.79 Å². The lowest BCUT2D eigenvalue weighted by atomic mass is 9.98. The molecule has 0 aromatic carbocycles. The van der Waals surface area contributed by atoms with E-state index in [0.717, 1.165) is 17.4 Å². The molecule has 5 heteroatoms. The van der Waals surface area contributed by atoms with Crippen molar-refractivity contribution in [2.75, 3.05) is 5.75 Å². The molecular formula is C12H20N2O2S. The molecule has 1 heterocycles. The van der Waals surface area contributed by atoms with Crippen molar-refractivity contribution in [3.8, 4) is 0 Å². The van der Waals surface area contributed by atoms with Crippen LogP contribution in [0.4, 0.5) is 0 Å². The van der Waals surface area contributed by atoms with Crippen molar-refractivity contribution in [3.63, 3.8) is 0 Å². The Morgan fingerprint density at radius 3 is 2.71 bits per heavy atom. The van der Waals surface area contributed by atoms with Crippen molar-refractivity contribution in [3.05, 3.63) is 11.9 Å². The molecule has 0 aliphatic carbocycles. The number of rotatable bonds is 6. The Morgan fingerprint density at radius 2 is 2.18 bits per heavy atom. The van der Waals surface area contributed by atoms with Crippen molar-refractivity contribution in [2.24, 2.45) is 11.8 Å². The molecule has 0 aliphatic heterocycles. The number of hydrogen-bond donors (Lipinski definition) is 1. The minimum atomic E-state index is -0.806. The molecule has 1 aromatic rings. The van der Waals surface area contributed by atoms with Gasteiger partial charge < -0.3 is 9.67 Å². The Bertz CT molecular complexity index is 388. The van der Waals surface area contributed by atoms with Gasteiger partial charge in [0.25, 0.3) is 0 Å². The first-order chi connectivity index (χ1) is 7.90. The number of thioether (sulfide) groups is 1. The first-order valence-electron chi connectivity index (χ1n) is 5.78. The fraction of sp³-hybridized carbons (Fsp3) is 0.667. The number of carbonyl (C=O) groups is 1. The normalized spacial score (nSPS) is 13.0. The lowest BCUT2D eigenvalue weighted by Gasteiger charge is -2.17. The first-order valence-corrected chi connectivity index (χ1v) is 6.77. The van der Waals surface area contributed by atoms with Crippen LogP contribution in [-0.4, -0.2) is 26.4 Å². The van der Waals surface area contributed by atoms with Crippen LogP contribution in [-0.2, 0) is 11.3 Å². The van der Waals surface area contributed by atoms with Crippen LogP contribution in [0, 0.1) is 18.8 Å². The fourth-order valence-corrected chi connectivity index (χ4v) is 2.17. The molecule has 0 aliphatic rings. The number of aromatic nitrogens is 2. The zero-order valence-electron chi connectivity index (χ0n) is 10.8. The van der Waals surface area contributed by atoms with Crippen molar-refractivity contribution in [1.29, 1.82) is 0 Å². The third kappa shape index (κ3) is 4.42. The SMILES string of the molecule is Cc1cn(CC(C)C(C)C)c(SCC(=O)O)n1. The van der Waals surface area contributed by atoms with Crippen LogP contribution in [0.15, 0.2) is 11.4 Å². The van der Waals surface area contributed by atoms with Gasteiger partial charge in [-0.15, -0.1) is 0 Å². The molecule has 1 N–H and O–H groups in total. The molecule has 0 bridgehead atoms. The average molecular weight is 256 g/mol.